The van der Waals surface area contributed by atoms with Crippen molar-refractivity contribution in [2.45, 2.75) is 25.9 Å². The zero-order valence-corrected chi connectivity index (χ0v) is 11.7. The SMILES string of the molecule is CC(Nc1ncnc2c1cnn2C)C(C)n1cccn1. The number of fused-ring (bicyclic) bond motifs is 1. The van der Waals surface area contributed by atoms with Gasteiger partial charge in [-0.3, -0.25) is 9.36 Å². The van der Waals surface area contributed by atoms with Crippen molar-refractivity contribution in [2.24, 2.45) is 7.05 Å². The average molecular weight is 271 g/mol. The second kappa shape index (κ2) is 4.92. The van der Waals surface area contributed by atoms with Gasteiger partial charge in [0.15, 0.2) is 5.65 Å². The number of rotatable bonds is 4. The van der Waals surface area contributed by atoms with E-state index in [2.05, 4.69) is 39.3 Å². The van der Waals surface area contributed by atoms with E-state index < -0.39 is 0 Å². The molecule has 3 aromatic rings. The Morgan fingerprint density at radius 2 is 2.05 bits per heavy atom. The van der Waals surface area contributed by atoms with E-state index in [1.807, 2.05) is 24.0 Å². The lowest BCUT2D eigenvalue weighted by Gasteiger charge is -2.22. The van der Waals surface area contributed by atoms with Gasteiger partial charge in [0.1, 0.15) is 12.1 Å². The number of hydrogen-bond donors (Lipinski definition) is 1. The van der Waals surface area contributed by atoms with Crippen molar-refractivity contribution < 1.29 is 0 Å². The quantitative estimate of drug-likeness (QED) is 0.780. The summed E-state index contributed by atoms with van der Waals surface area (Å²) in [7, 11) is 1.87. The summed E-state index contributed by atoms with van der Waals surface area (Å²) in [6.07, 6.45) is 7.08. The van der Waals surface area contributed by atoms with Gasteiger partial charge < -0.3 is 5.32 Å². The van der Waals surface area contributed by atoms with Crippen LogP contribution in [0.1, 0.15) is 19.9 Å². The van der Waals surface area contributed by atoms with Crippen molar-refractivity contribution in [1.82, 2.24) is 29.5 Å². The second-order valence-electron chi connectivity index (χ2n) is 4.89. The molecule has 0 aliphatic heterocycles. The predicted octanol–water partition coefficient (Wildman–Crippen LogP) is 1.62. The third kappa shape index (κ3) is 2.11. The van der Waals surface area contributed by atoms with Gasteiger partial charge in [0, 0.05) is 25.5 Å². The molecule has 0 spiro atoms. The third-order valence-electron chi connectivity index (χ3n) is 3.56. The first-order chi connectivity index (χ1) is 9.66. The second-order valence-corrected chi connectivity index (χ2v) is 4.89. The first-order valence-electron chi connectivity index (χ1n) is 6.55. The first-order valence-corrected chi connectivity index (χ1v) is 6.55. The van der Waals surface area contributed by atoms with Gasteiger partial charge in [-0.25, -0.2) is 9.97 Å². The molecule has 0 saturated carbocycles. The lowest BCUT2D eigenvalue weighted by atomic mass is 10.1. The van der Waals surface area contributed by atoms with Gasteiger partial charge in [-0.15, -0.1) is 0 Å². The minimum atomic E-state index is 0.174. The largest absolute Gasteiger partial charge is 0.365 e. The van der Waals surface area contributed by atoms with Crippen LogP contribution in [0.3, 0.4) is 0 Å². The smallest absolute Gasteiger partial charge is 0.163 e. The Morgan fingerprint density at radius 3 is 2.80 bits per heavy atom. The summed E-state index contributed by atoms with van der Waals surface area (Å²) in [6, 6.07) is 2.31. The zero-order chi connectivity index (χ0) is 14.1. The molecule has 104 valence electrons. The van der Waals surface area contributed by atoms with Crippen LogP contribution in [0.25, 0.3) is 11.0 Å². The summed E-state index contributed by atoms with van der Waals surface area (Å²) < 4.78 is 3.67. The Labute approximate surface area is 116 Å². The molecule has 7 nitrogen and oxygen atoms in total. The van der Waals surface area contributed by atoms with Crippen LogP contribution in [0, 0.1) is 0 Å². The van der Waals surface area contributed by atoms with E-state index in [4.69, 9.17) is 0 Å². The van der Waals surface area contributed by atoms with Gasteiger partial charge in [0.05, 0.1) is 17.6 Å². The number of hydrogen-bond acceptors (Lipinski definition) is 5. The molecule has 20 heavy (non-hydrogen) atoms. The Hall–Kier alpha value is -2.44. The average Bonchev–Trinajstić information content (AvgIpc) is 3.09. The summed E-state index contributed by atoms with van der Waals surface area (Å²) >= 11 is 0. The van der Waals surface area contributed by atoms with E-state index in [-0.39, 0.29) is 12.1 Å². The highest BCUT2D eigenvalue weighted by Gasteiger charge is 2.16. The molecule has 2 atom stereocenters. The van der Waals surface area contributed by atoms with Crippen molar-refractivity contribution in [1.29, 1.82) is 0 Å². The summed E-state index contributed by atoms with van der Waals surface area (Å²) in [6.45, 7) is 4.23. The van der Waals surface area contributed by atoms with Crippen LogP contribution in [0.2, 0.25) is 0 Å². The lowest BCUT2D eigenvalue weighted by molar-refractivity contribution is 0.443. The van der Waals surface area contributed by atoms with Gasteiger partial charge in [-0.1, -0.05) is 0 Å². The van der Waals surface area contributed by atoms with Crippen molar-refractivity contribution in [3.63, 3.8) is 0 Å². The monoisotopic (exact) mass is 271 g/mol. The molecule has 0 amide bonds. The summed E-state index contributed by atoms with van der Waals surface area (Å²) in [5, 5.41) is 12.8. The maximum atomic E-state index is 4.32. The summed E-state index contributed by atoms with van der Waals surface area (Å²) in [5.41, 5.74) is 0.821. The number of anilines is 1. The summed E-state index contributed by atoms with van der Waals surface area (Å²) in [4.78, 5) is 8.55. The Balaban J connectivity index is 1.86. The van der Waals surface area contributed by atoms with E-state index in [0.717, 1.165) is 16.9 Å². The fourth-order valence-corrected chi connectivity index (χ4v) is 2.16. The Bertz CT molecular complexity index is 701. The normalized spacial score (nSPS) is 14.3. The lowest BCUT2D eigenvalue weighted by Crippen LogP contribution is -2.27. The van der Waals surface area contributed by atoms with E-state index in [9.17, 15) is 0 Å². The standard InChI is InChI=1S/C13H17N7/c1-9(10(2)20-6-4-5-16-20)18-12-11-7-17-19(3)13(11)15-8-14-12/h4-10H,1-3H3,(H,14,15,18). The first kappa shape index (κ1) is 12.6. The van der Waals surface area contributed by atoms with Crippen LogP contribution in [0.5, 0.6) is 0 Å². The molecule has 0 aliphatic carbocycles. The van der Waals surface area contributed by atoms with Crippen LogP contribution in [0.15, 0.2) is 31.0 Å². The van der Waals surface area contributed by atoms with E-state index >= 15 is 0 Å². The highest BCUT2D eigenvalue weighted by Crippen LogP contribution is 2.21. The number of aryl methyl sites for hydroxylation is 1. The molecule has 3 rings (SSSR count). The molecular formula is C13H17N7. The molecule has 3 aromatic heterocycles. The topological polar surface area (TPSA) is 73.5 Å². The van der Waals surface area contributed by atoms with E-state index in [0.29, 0.717) is 0 Å². The zero-order valence-electron chi connectivity index (χ0n) is 11.7. The maximum absolute atomic E-state index is 4.32. The molecule has 3 heterocycles. The van der Waals surface area contributed by atoms with Gasteiger partial charge in [-0.2, -0.15) is 10.2 Å². The van der Waals surface area contributed by atoms with Crippen molar-refractivity contribution >= 4 is 16.9 Å². The van der Waals surface area contributed by atoms with Gasteiger partial charge >= 0.3 is 0 Å². The van der Waals surface area contributed by atoms with Crippen LogP contribution < -0.4 is 5.32 Å². The third-order valence-corrected chi connectivity index (χ3v) is 3.56. The van der Waals surface area contributed by atoms with Crippen molar-refractivity contribution in [3.05, 3.63) is 31.0 Å². The van der Waals surface area contributed by atoms with Crippen molar-refractivity contribution in [2.75, 3.05) is 5.32 Å². The summed E-state index contributed by atoms with van der Waals surface area (Å²) in [5.74, 6) is 0.801. The van der Waals surface area contributed by atoms with Crippen molar-refractivity contribution in [3.8, 4) is 0 Å². The molecule has 0 aromatic carbocycles. The molecular weight excluding hydrogens is 254 g/mol. The predicted molar refractivity (Wildman–Crippen MR) is 76.3 cm³/mol. The van der Waals surface area contributed by atoms with Crippen LogP contribution >= 0.6 is 0 Å². The molecule has 2 unspecified atom stereocenters. The van der Waals surface area contributed by atoms with Gasteiger partial charge in [0.2, 0.25) is 0 Å². The van der Waals surface area contributed by atoms with Crippen LogP contribution in [0.4, 0.5) is 5.82 Å². The number of aromatic nitrogens is 6. The maximum Gasteiger partial charge on any atom is 0.163 e. The fraction of sp³-hybridized carbons (Fsp3) is 0.385. The molecule has 0 saturated heterocycles. The molecule has 0 bridgehead atoms. The van der Waals surface area contributed by atoms with Gasteiger partial charge in [0.25, 0.3) is 0 Å². The molecule has 0 radical (unpaired) electrons. The number of nitrogens with one attached hydrogen (secondary N) is 1. The van der Waals surface area contributed by atoms with Crippen LogP contribution in [-0.2, 0) is 7.05 Å². The fourth-order valence-electron chi connectivity index (χ4n) is 2.16. The molecule has 0 aliphatic rings. The Kier molecular flexibility index (Phi) is 3.09. The highest BCUT2D eigenvalue weighted by molar-refractivity contribution is 5.86. The Morgan fingerprint density at radius 1 is 1.20 bits per heavy atom. The van der Waals surface area contributed by atoms with Crippen LogP contribution in [-0.4, -0.2) is 35.6 Å². The number of nitrogens with zero attached hydrogens (tertiary/aromatic N) is 6. The molecule has 0 fully saturated rings. The van der Waals surface area contributed by atoms with E-state index in [1.165, 1.54) is 0 Å². The highest BCUT2D eigenvalue weighted by atomic mass is 15.3. The van der Waals surface area contributed by atoms with E-state index in [1.54, 1.807) is 23.4 Å². The minimum Gasteiger partial charge on any atom is -0.365 e. The minimum absolute atomic E-state index is 0.174. The molecule has 7 heteroatoms. The molecule has 1 N–H and O–H groups in total. The van der Waals surface area contributed by atoms with Gasteiger partial charge in [-0.05, 0) is 19.9 Å².